The lowest BCUT2D eigenvalue weighted by molar-refractivity contribution is -0.0509. The van der Waals surface area contributed by atoms with Crippen molar-refractivity contribution in [3.8, 4) is 0 Å². The van der Waals surface area contributed by atoms with Crippen molar-refractivity contribution in [1.29, 1.82) is 0 Å². The summed E-state index contributed by atoms with van der Waals surface area (Å²) in [5.74, 6) is 1.03. The molecule has 3 saturated heterocycles. The molecule has 6 fully saturated rings. The third-order valence-electron chi connectivity index (χ3n) is 11.1. The molecule has 3 heteroatoms. The highest BCUT2D eigenvalue weighted by atomic mass is 16.5. The van der Waals surface area contributed by atoms with Gasteiger partial charge in [0.2, 0.25) is 0 Å². The largest absolute Gasteiger partial charge is 0.374 e. The van der Waals surface area contributed by atoms with Gasteiger partial charge in [-0.2, -0.15) is 0 Å². The number of rotatable bonds is 4. The van der Waals surface area contributed by atoms with E-state index in [4.69, 9.17) is 4.74 Å². The number of likely N-dealkylation sites (tertiary alicyclic amines) is 2. The Hall–Kier alpha value is -0.120. The summed E-state index contributed by atoms with van der Waals surface area (Å²) in [6, 6.07) is 1.52. The minimum atomic E-state index is 0.274. The third-order valence-corrected chi connectivity index (χ3v) is 11.1. The van der Waals surface area contributed by atoms with Gasteiger partial charge in [-0.15, -0.1) is 0 Å². The van der Waals surface area contributed by atoms with Crippen LogP contribution in [0.4, 0.5) is 0 Å². The van der Waals surface area contributed by atoms with Crippen LogP contribution in [0.2, 0.25) is 0 Å². The molecule has 170 valence electrons. The monoisotopic (exact) mass is 414 g/mol. The quantitative estimate of drug-likeness (QED) is 0.606. The molecule has 3 atom stereocenters. The first kappa shape index (κ1) is 20.5. The maximum Gasteiger partial charge on any atom is 0.0713 e. The van der Waals surface area contributed by atoms with Gasteiger partial charge in [0.05, 0.1) is 12.2 Å². The molecule has 0 N–H and O–H groups in total. The van der Waals surface area contributed by atoms with Crippen molar-refractivity contribution in [2.75, 3.05) is 32.8 Å². The summed E-state index contributed by atoms with van der Waals surface area (Å²) in [6.45, 7) is 13.6. The molecule has 0 bridgehead atoms. The van der Waals surface area contributed by atoms with Crippen molar-refractivity contribution in [3.63, 3.8) is 0 Å². The Labute approximate surface area is 185 Å². The van der Waals surface area contributed by atoms with E-state index in [-0.39, 0.29) is 5.60 Å². The molecule has 3 heterocycles. The van der Waals surface area contributed by atoms with Crippen molar-refractivity contribution in [2.45, 2.75) is 116 Å². The van der Waals surface area contributed by atoms with Crippen molar-refractivity contribution >= 4 is 0 Å². The summed E-state index contributed by atoms with van der Waals surface area (Å²) >= 11 is 0. The topological polar surface area (TPSA) is 15.7 Å². The molecule has 3 unspecified atom stereocenters. The van der Waals surface area contributed by atoms with Gasteiger partial charge in [-0.25, -0.2) is 0 Å². The Morgan fingerprint density at radius 2 is 1.43 bits per heavy atom. The standard InChI is InChI=1S/C27H46N2O/c1-21(2)28-12-8-24(9-13-28)6-7-26(18-24)17-23(26)16-22(3)29-14-10-27(11-15-29)19-25(4-5-25)20-30-27/h21-23H,4-20H2,1-3H3. The number of nitrogens with zero attached hydrogens (tertiary/aromatic N) is 2. The number of ether oxygens (including phenoxy) is 1. The molecule has 0 aromatic rings. The molecule has 6 aliphatic rings. The van der Waals surface area contributed by atoms with Crippen molar-refractivity contribution in [3.05, 3.63) is 0 Å². The molecule has 3 nitrogen and oxygen atoms in total. The van der Waals surface area contributed by atoms with E-state index in [0.717, 1.165) is 35.4 Å². The number of piperidine rings is 2. The van der Waals surface area contributed by atoms with E-state index in [0.29, 0.717) is 5.41 Å². The Morgan fingerprint density at radius 1 is 0.767 bits per heavy atom. The van der Waals surface area contributed by atoms with Crippen LogP contribution in [0.25, 0.3) is 0 Å². The molecule has 0 aromatic heterocycles. The fourth-order valence-electron chi connectivity index (χ4n) is 8.51. The summed E-state index contributed by atoms with van der Waals surface area (Å²) in [5.41, 5.74) is 2.39. The Morgan fingerprint density at radius 3 is 2.07 bits per heavy atom. The van der Waals surface area contributed by atoms with Crippen LogP contribution < -0.4 is 0 Å². The first-order chi connectivity index (χ1) is 14.3. The van der Waals surface area contributed by atoms with Crippen LogP contribution in [0.3, 0.4) is 0 Å². The molecule has 0 radical (unpaired) electrons. The number of hydrogen-bond donors (Lipinski definition) is 0. The summed E-state index contributed by atoms with van der Waals surface area (Å²) < 4.78 is 6.41. The van der Waals surface area contributed by atoms with E-state index in [1.807, 2.05) is 0 Å². The Bertz CT molecular complexity index is 654. The lowest BCUT2D eigenvalue weighted by atomic mass is 9.75. The van der Waals surface area contributed by atoms with Gasteiger partial charge in [-0.05, 0) is 133 Å². The first-order valence-electron chi connectivity index (χ1n) is 13.5. The minimum absolute atomic E-state index is 0.274. The Kier molecular flexibility index (Phi) is 4.74. The van der Waals surface area contributed by atoms with E-state index in [2.05, 4.69) is 30.6 Å². The highest BCUT2D eigenvalue weighted by Crippen LogP contribution is 2.70. The predicted octanol–water partition coefficient (Wildman–Crippen LogP) is 5.48. The van der Waals surface area contributed by atoms with E-state index < -0.39 is 0 Å². The summed E-state index contributed by atoms with van der Waals surface area (Å²) in [6.07, 6.45) is 17.5. The zero-order valence-corrected chi connectivity index (χ0v) is 20.1. The van der Waals surface area contributed by atoms with E-state index in [1.165, 1.54) is 84.0 Å². The molecule has 3 aliphatic heterocycles. The summed E-state index contributed by atoms with van der Waals surface area (Å²) in [5, 5.41) is 0. The zero-order chi connectivity index (χ0) is 20.6. The molecular weight excluding hydrogens is 368 g/mol. The summed E-state index contributed by atoms with van der Waals surface area (Å²) in [7, 11) is 0. The molecule has 0 aromatic carbocycles. The fraction of sp³-hybridized carbons (Fsp3) is 1.00. The van der Waals surface area contributed by atoms with Crippen LogP contribution in [0.1, 0.15) is 97.8 Å². The minimum Gasteiger partial charge on any atom is -0.374 e. The maximum atomic E-state index is 6.41. The van der Waals surface area contributed by atoms with Gasteiger partial charge in [0, 0.05) is 25.2 Å². The molecule has 0 amide bonds. The van der Waals surface area contributed by atoms with Crippen molar-refractivity contribution in [2.24, 2.45) is 22.2 Å². The third kappa shape index (κ3) is 3.50. The van der Waals surface area contributed by atoms with Crippen LogP contribution in [-0.4, -0.2) is 60.3 Å². The van der Waals surface area contributed by atoms with Crippen molar-refractivity contribution in [1.82, 2.24) is 9.80 Å². The van der Waals surface area contributed by atoms with Crippen LogP contribution in [0.5, 0.6) is 0 Å². The molecule has 3 saturated carbocycles. The van der Waals surface area contributed by atoms with E-state index >= 15 is 0 Å². The lowest BCUT2D eigenvalue weighted by Gasteiger charge is -2.42. The van der Waals surface area contributed by atoms with E-state index in [1.54, 1.807) is 19.3 Å². The normalized spacial score (nSPS) is 40.2. The van der Waals surface area contributed by atoms with E-state index in [9.17, 15) is 0 Å². The zero-order valence-electron chi connectivity index (χ0n) is 20.1. The van der Waals surface area contributed by atoms with Crippen LogP contribution in [0, 0.1) is 22.2 Å². The SMILES string of the molecule is CC(C)N1CCC2(CC1)CCC1(CC1CC(C)N1CCC3(CC1)CC1(CC1)CO3)C2. The van der Waals surface area contributed by atoms with Gasteiger partial charge in [0.15, 0.2) is 0 Å². The van der Waals surface area contributed by atoms with Gasteiger partial charge < -0.3 is 14.5 Å². The van der Waals surface area contributed by atoms with Crippen LogP contribution >= 0.6 is 0 Å². The van der Waals surface area contributed by atoms with Crippen molar-refractivity contribution < 1.29 is 4.74 Å². The second-order valence-corrected chi connectivity index (χ2v) is 13.3. The second-order valence-electron chi connectivity index (χ2n) is 13.3. The lowest BCUT2D eigenvalue weighted by Crippen LogP contribution is -2.47. The second kappa shape index (κ2) is 6.94. The van der Waals surface area contributed by atoms with Gasteiger partial charge in [0.25, 0.3) is 0 Å². The summed E-state index contributed by atoms with van der Waals surface area (Å²) in [4.78, 5) is 5.54. The average Bonchev–Trinajstić information content (AvgIpc) is 3.55. The first-order valence-corrected chi connectivity index (χ1v) is 13.5. The molecular formula is C27H46N2O. The molecule has 4 spiro atoms. The van der Waals surface area contributed by atoms with Gasteiger partial charge in [-0.1, -0.05) is 0 Å². The van der Waals surface area contributed by atoms with Gasteiger partial charge >= 0.3 is 0 Å². The van der Waals surface area contributed by atoms with Crippen LogP contribution in [-0.2, 0) is 4.74 Å². The predicted molar refractivity (Wildman–Crippen MR) is 123 cm³/mol. The molecule has 6 rings (SSSR count). The average molecular weight is 415 g/mol. The van der Waals surface area contributed by atoms with Gasteiger partial charge in [0.1, 0.15) is 0 Å². The van der Waals surface area contributed by atoms with Gasteiger partial charge in [-0.3, -0.25) is 0 Å². The molecule has 3 aliphatic carbocycles. The molecule has 30 heavy (non-hydrogen) atoms. The maximum absolute atomic E-state index is 6.41. The van der Waals surface area contributed by atoms with Crippen LogP contribution in [0.15, 0.2) is 0 Å². The smallest absolute Gasteiger partial charge is 0.0713 e. The Balaban J connectivity index is 0.985. The highest BCUT2D eigenvalue weighted by Gasteiger charge is 2.62. The number of hydrogen-bond acceptors (Lipinski definition) is 3. The highest BCUT2D eigenvalue weighted by molar-refractivity contribution is 5.12. The fourth-order valence-corrected chi connectivity index (χ4v) is 8.51.